The summed E-state index contributed by atoms with van der Waals surface area (Å²) in [5.41, 5.74) is 8.51. The van der Waals surface area contributed by atoms with Crippen molar-refractivity contribution in [2.24, 2.45) is 5.10 Å². The molecule has 0 atom stereocenters. The summed E-state index contributed by atoms with van der Waals surface area (Å²) in [5.74, 6) is 0. The highest BCUT2D eigenvalue weighted by Gasteiger charge is 2.11. The number of benzene rings is 2. The van der Waals surface area contributed by atoms with Crippen molar-refractivity contribution in [2.45, 2.75) is 20.4 Å². The third kappa shape index (κ3) is 4.61. The summed E-state index contributed by atoms with van der Waals surface area (Å²) in [6.45, 7) is 4.80. The van der Waals surface area contributed by atoms with Gasteiger partial charge in [0.1, 0.15) is 5.69 Å². The Bertz CT molecular complexity index is 962. The fourth-order valence-electron chi connectivity index (χ4n) is 2.70. The fourth-order valence-corrected chi connectivity index (χ4v) is 2.70. The SMILES string of the molecule is COC(=O)N/N=C\c1cn(Cc2ccccc2)nc1-c1ccc(C)c(C)c1. The van der Waals surface area contributed by atoms with E-state index in [1.807, 2.05) is 35.1 Å². The highest BCUT2D eigenvalue weighted by molar-refractivity contribution is 5.89. The number of carbonyl (C=O) groups excluding carboxylic acids is 1. The van der Waals surface area contributed by atoms with Gasteiger partial charge in [0.15, 0.2) is 0 Å². The van der Waals surface area contributed by atoms with E-state index in [9.17, 15) is 4.79 Å². The molecule has 1 amide bonds. The first-order valence-electron chi connectivity index (χ1n) is 8.63. The quantitative estimate of drug-likeness (QED) is 0.553. The van der Waals surface area contributed by atoms with Crippen molar-refractivity contribution in [2.75, 3.05) is 7.11 Å². The van der Waals surface area contributed by atoms with E-state index in [0.29, 0.717) is 6.54 Å². The second-order valence-corrected chi connectivity index (χ2v) is 6.28. The molecule has 3 rings (SSSR count). The number of methoxy groups -OCH3 is 1. The van der Waals surface area contributed by atoms with Gasteiger partial charge in [-0.2, -0.15) is 10.2 Å². The lowest BCUT2D eigenvalue weighted by Crippen LogP contribution is -2.16. The number of hydrogen-bond donors (Lipinski definition) is 1. The van der Waals surface area contributed by atoms with Gasteiger partial charge in [-0.25, -0.2) is 10.2 Å². The van der Waals surface area contributed by atoms with E-state index in [4.69, 9.17) is 5.10 Å². The summed E-state index contributed by atoms with van der Waals surface area (Å²) in [6, 6.07) is 16.3. The topological polar surface area (TPSA) is 68.5 Å². The van der Waals surface area contributed by atoms with Crippen molar-refractivity contribution in [3.05, 3.63) is 77.0 Å². The third-order valence-corrected chi connectivity index (χ3v) is 4.30. The van der Waals surface area contributed by atoms with E-state index in [2.05, 4.69) is 53.4 Å². The first-order chi connectivity index (χ1) is 13.1. The van der Waals surface area contributed by atoms with Crippen LogP contribution in [-0.4, -0.2) is 29.2 Å². The van der Waals surface area contributed by atoms with E-state index in [1.54, 1.807) is 6.21 Å². The van der Waals surface area contributed by atoms with E-state index in [0.717, 1.165) is 22.4 Å². The molecule has 0 radical (unpaired) electrons. The summed E-state index contributed by atoms with van der Waals surface area (Å²) in [7, 11) is 1.29. The second kappa shape index (κ2) is 8.31. The lowest BCUT2D eigenvalue weighted by Gasteiger charge is -2.04. The van der Waals surface area contributed by atoms with E-state index in [1.165, 1.54) is 18.2 Å². The molecule has 2 aromatic carbocycles. The van der Waals surface area contributed by atoms with Crippen LogP contribution in [-0.2, 0) is 11.3 Å². The summed E-state index contributed by atoms with van der Waals surface area (Å²) in [5, 5.41) is 8.70. The maximum absolute atomic E-state index is 11.2. The standard InChI is InChI=1S/C21H22N4O2/c1-15-9-10-18(11-16(15)2)20-19(12-22-23-21(26)27-3)14-25(24-20)13-17-7-5-4-6-8-17/h4-12,14H,13H2,1-3H3,(H,23,26)/b22-12-. The van der Waals surface area contributed by atoms with Gasteiger partial charge in [0.05, 0.1) is 19.9 Å². The molecule has 0 aliphatic heterocycles. The second-order valence-electron chi connectivity index (χ2n) is 6.28. The molecule has 0 spiro atoms. The minimum Gasteiger partial charge on any atom is -0.452 e. The number of aromatic nitrogens is 2. The Morgan fingerprint density at radius 1 is 1.19 bits per heavy atom. The van der Waals surface area contributed by atoms with Crippen LogP contribution in [0.15, 0.2) is 59.8 Å². The summed E-state index contributed by atoms with van der Waals surface area (Å²) in [6.07, 6.45) is 2.88. The molecule has 138 valence electrons. The van der Waals surface area contributed by atoms with Crippen LogP contribution in [0.1, 0.15) is 22.3 Å². The average molecular weight is 362 g/mol. The molecule has 6 heteroatoms. The van der Waals surface area contributed by atoms with Crippen LogP contribution in [0.3, 0.4) is 0 Å². The van der Waals surface area contributed by atoms with Crippen molar-refractivity contribution < 1.29 is 9.53 Å². The van der Waals surface area contributed by atoms with Gasteiger partial charge in [0.25, 0.3) is 0 Å². The molecule has 0 saturated carbocycles. The lowest BCUT2D eigenvalue weighted by molar-refractivity contribution is 0.171. The van der Waals surface area contributed by atoms with Gasteiger partial charge in [-0.1, -0.05) is 42.5 Å². The van der Waals surface area contributed by atoms with Gasteiger partial charge in [0.2, 0.25) is 0 Å². The molecule has 0 aliphatic rings. The van der Waals surface area contributed by atoms with Gasteiger partial charge in [-0.3, -0.25) is 4.68 Å². The molecule has 3 aromatic rings. The molecule has 6 nitrogen and oxygen atoms in total. The van der Waals surface area contributed by atoms with Crippen LogP contribution in [0.25, 0.3) is 11.3 Å². The number of nitrogens with zero attached hydrogens (tertiary/aromatic N) is 3. The molecule has 27 heavy (non-hydrogen) atoms. The Labute approximate surface area is 158 Å². The van der Waals surface area contributed by atoms with Crippen molar-refractivity contribution in [3.8, 4) is 11.3 Å². The summed E-state index contributed by atoms with van der Waals surface area (Å²) in [4.78, 5) is 11.2. The van der Waals surface area contributed by atoms with E-state index in [-0.39, 0.29) is 0 Å². The molecular formula is C21H22N4O2. The summed E-state index contributed by atoms with van der Waals surface area (Å²) >= 11 is 0. The predicted molar refractivity (Wildman–Crippen MR) is 106 cm³/mol. The normalized spacial score (nSPS) is 10.9. The number of rotatable bonds is 5. The Morgan fingerprint density at radius 3 is 2.67 bits per heavy atom. The molecule has 0 saturated heterocycles. The first kappa shape index (κ1) is 18.4. The third-order valence-electron chi connectivity index (χ3n) is 4.30. The number of hydrogen-bond acceptors (Lipinski definition) is 4. The number of ether oxygens (including phenoxy) is 1. The van der Waals surface area contributed by atoms with Gasteiger partial charge in [-0.05, 0) is 36.6 Å². The predicted octanol–water partition coefficient (Wildman–Crippen LogP) is 3.91. The number of aryl methyl sites for hydroxylation is 2. The van der Waals surface area contributed by atoms with E-state index < -0.39 is 6.09 Å². The Hall–Kier alpha value is -3.41. The molecular weight excluding hydrogens is 340 g/mol. The zero-order valence-corrected chi connectivity index (χ0v) is 15.6. The molecule has 0 bridgehead atoms. The number of amides is 1. The zero-order chi connectivity index (χ0) is 19.2. The van der Waals surface area contributed by atoms with Crippen LogP contribution >= 0.6 is 0 Å². The molecule has 1 N–H and O–H groups in total. The van der Waals surface area contributed by atoms with Gasteiger partial charge in [-0.15, -0.1) is 0 Å². The van der Waals surface area contributed by atoms with Crippen molar-refractivity contribution in [3.63, 3.8) is 0 Å². The highest BCUT2D eigenvalue weighted by Crippen LogP contribution is 2.24. The molecule has 0 unspecified atom stereocenters. The Morgan fingerprint density at radius 2 is 1.96 bits per heavy atom. The smallest absolute Gasteiger partial charge is 0.427 e. The van der Waals surface area contributed by atoms with E-state index >= 15 is 0 Å². The Kier molecular flexibility index (Phi) is 5.66. The highest BCUT2D eigenvalue weighted by atomic mass is 16.5. The van der Waals surface area contributed by atoms with Crippen LogP contribution in [0.2, 0.25) is 0 Å². The first-order valence-corrected chi connectivity index (χ1v) is 8.63. The van der Waals surface area contributed by atoms with Crippen LogP contribution in [0.5, 0.6) is 0 Å². The van der Waals surface area contributed by atoms with Crippen LogP contribution < -0.4 is 5.43 Å². The number of carbonyl (C=O) groups is 1. The van der Waals surface area contributed by atoms with Gasteiger partial charge < -0.3 is 4.74 Å². The van der Waals surface area contributed by atoms with Gasteiger partial charge in [0, 0.05) is 17.3 Å². The molecule has 1 aromatic heterocycles. The molecule has 0 aliphatic carbocycles. The van der Waals surface area contributed by atoms with Crippen LogP contribution in [0.4, 0.5) is 4.79 Å². The maximum atomic E-state index is 11.2. The van der Waals surface area contributed by atoms with Crippen molar-refractivity contribution in [1.29, 1.82) is 0 Å². The fraction of sp³-hybridized carbons (Fsp3) is 0.190. The minimum absolute atomic E-state index is 0.615. The maximum Gasteiger partial charge on any atom is 0.427 e. The Balaban J connectivity index is 1.95. The lowest BCUT2D eigenvalue weighted by atomic mass is 10.0. The monoisotopic (exact) mass is 362 g/mol. The largest absolute Gasteiger partial charge is 0.452 e. The average Bonchev–Trinajstić information content (AvgIpc) is 3.07. The zero-order valence-electron chi connectivity index (χ0n) is 15.6. The minimum atomic E-state index is -0.615. The molecule has 1 heterocycles. The number of hydrazone groups is 1. The summed E-state index contributed by atoms with van der Waals surface area (Å²) < 4.78 is 6.41. The number of nitrogens with one attached hydrogen (secondary N) is 1. The van der Waals surface area contributed by atoms with Crippen molar-refractivity contribution in [1.82, 2.24) is 15.2 Å². The van der Waals surface area contributed by atoms with Crippen molar-refractivity contribution >= 4 is 12.3 Å². The molecule has 0 fully saturated rings. The van der Waals surface area contributed by atoms with Crippen LogP contribution in [0, 0.1) is 13.8 Å². The van der Waals surface area contributed by atoms with Gasteiger partial charge >= 0.3 is 6.09 Å².